The van der Waals surface area contributed by atoms with Crippen molar-refractivity contribution in [2.45, 2.75) is 65.2 Å². The summed E-state index contributed by atoms with van der Waals surface area (Å²) in [5.41, 5.74) is 0. The van der Waals surface area contributed by atoms with E-state index in [1.54, 1.807) is 0 Å². The average molecular weight is 220 g/mol. The molecule has 0 aliphatic rings. The lowest BCUT2D eigenvalue weighted by atomic mass is 10.2. The minimum absolute atomic E-state index is 1.17. The third-order valence-corrected chi connectivity index (χ3v) is 2.48. The summed E-state index contributed by atoms with van der Waals surface area (Å²) in [6, 6.07) is 0. The van der Waals surface area contributed by atoms with Gasteiger partial charge in [0.1, 0.15) is 0 Å². The first-order chi connectivity index (χ1) is 7.91. The highest BCUT2D eigenvalue weighted by Gasteiger charge is 1.81. The monoisotopic (exact) mass is 220 g/mol. The summed E-state index contributed by atoms with van der Waals surface area (Å²) in [5.74, 6) is 0. The van der Waals surface area contributed by atoms with Crippen LogP contribution in [0.4, 0.5) is 0 Å². The Balaban J connectivity index is 3.25. The van der Waals surface area contributed by atoms with Crippen LogP contribution in [0, 0.1) is 0 Å². The maximum absolute atomic E-state index is 2.33. The molecule has 0 saturated carbocycles. The van der Waals surface area contributed by atoms with Crippen molar-refractivity contribution in [3.8, 4) is 0 Å². The Morgan fingerprint density at radius 2 is 1.19 bits per heavy atom. The van der Waals surface area contributed by atoms with E-state index in [2.05, 4.69) is 50.3 Å². The van der Waals surface area contributed by atoms with Crippen LogP contribution < -0.4 is 0 Å². The molecule has 16 heavy (non-hydrogen) atoms. The highest BCUT2D eigenvalue weighted by Crippen LogP contribution is 2.01. The van der Waals surface area contributed by atoms with E-state index in [0.717, 1.165) is 0 Å². The van der Waals surface area contributed by atoms with Crippen molar-refractivity contribution in [1.29, 1.82) is 0 Å². The molecular formula is C16H28. The number of rotatable bonds is 10. The topological polar surface area (TPSA) is 0 Å². The van der Waals surface area contributed by atoms with Gasteiger partial charge in [-0.05, 0) is 32.1 Å². The van der Waals surface area contributed by atoms with Crippen LogP contribution in [0.2, 0.25) is 0 Å². The van der Waals surface area contributed by atoms with Crippen LogP contribution in [-0.2, 0) is 0 Å². The highest BCUT2D eigenvalue weighted by molar-refractivity contribution is 5.02. The largest absolute Gasteiger partial charge is 0.0885 e. The van der Waals surface area contributed by atoms with E-state index in [1.165, 1.54) is 51.4 Å². The fraction of sp³-hybridized carbons (Fsp3) is 0.625. The Morgan fingerprint density at radius 3 is 1.88 bits per heavy atom. The molecule has 92 valence electrons. The Bertz CT molecular complexity index is 196. The maximum atomic E-state index is 2.33. The van der Waals surface area contributed by atoms with Gasteiger partial charge in [0.2, 0.25) is 0 Å². The zero-order chi connectivity index (χ0) is 11.9. The van der Waals surface area contributed by atoms with Gasteiger partial charge >= 0.3 is 0 Å². The van der Waals surface area contributed by atoms with E-state index in [9.17, 15) is 0 Å². The number of allylic oxidation sites excluding steroid dienone is 6. The standard InChI is InChI=1S/C16H28/c1-3-5-7-9-11-13-15-16-14-12-10-8-6-4-2/h7,9,11-14H,3-6,8,10,15-16H2,1-2H3. The van der Waals surface area contributed by atoms with Crippen LogP contribution in [0.25, 0.3) is 0 Å². The Hall–Kier alpha value is -0.780. The normalized spacial score (nSPS) is 12.4. The second-order valence-corrected chi connectivity index (χ2v) is 4.19. The molecule has 0 saturated heterocycles. The quantitative estimate of drug-likeness (QED) is 0.247. The van der Waals surface area contributed by atoms with Crippen LogP contribution in [0.5, 0.6) is 0 Å². The molecule has 0 atom stereocenters. The van der Waals surface area contributed by atoms with Crippen LogP contribution in [0.3, 0.4) is 0 Å². The minimum Gasteiger partial charge on any atom is -0.0885 e. The summed E-state index contributed by atoms with van der Waals surface area (Å²) in [4.78, 5) is 0. The number of unbranched alkanes of at least 4 members (excludes halogenated alkanes) is 5. The first-order valence-electron chi connectivity index (χ1n) is 6.88. The molecule has 0 aromatic rings. The summed E-state index contributed by atoms with van der Waals surface area (Å²) < 4.78 is 0. The molecule has 0 spiro atoms. The van der Waals surface area contributed by atoms with Crippen LogP contribution in [-0.4, -0.2) is 0 Å². The summed E-state index contributed by atoms with van der Waals surface area (Å²) in [6.07, 6.45) is 23.5. The van der Waals surface area contributed by atoms with Gasteiger partial charge < -0.3 is 0 Å². The zero-order valence-electron chi connectivity index (χ0n) is 11.1. The van der Waals surface area contributed by atoms with Gasteiger partial charge in [-0.3, -0.25) is 0 Å². The molecule has 0 heteroatoms. The van der Waals surface area contributed by atoms with Crippen molar-refractivity contribution < 1.29 is 0 Å². The molecule has 0 nitrogen and oxygen atoms in total. The molecule has 0 aliphatic carbocycles. The molecule has 0 amide bonds. The molecule has 0 bridgehead atoms. The van der Waals surface area contributed by atoms with Gasteiger partial charge in [-0.1, -0.05) is 69.6 Å². The van der Waals surface area contributed by atoms with Crippen molar-refractivity contribution in [3.05, 3.63) is 36.5 Å². The Morgan fingerprint density at radius 1 is 0.562 bits per heavy atom. The lowest BCUT2D eigenvalue weighted by Gasteiger charge is -1.91. The van der Waals surface area contributed by atoms with E-state index in [1.807, 2.05) is 0 Å². The number of hydrogen-bond acceptors (Lipinski definition) is 0. The minimum atomic E-state index is 1.17. The SMILES string of the molecule is CCCC=CC=CCCC=CCCCCC. The van der Waals surface area contributed by atoms with E-state index < -0.39 is 0 Å². The van der Waals surface area contributed by atoms with E-state index in [-0.39, 0.29) is 0 Å². The van der Waals surface area contributed by atoms with Crippen LogP contribution >= 0.6 is 0 Å². The predicted octanol–water partition coefficient (Wildman–Crippen LogP) is 5.82. The molecular weight excluding hydrogens is 192 g/mol. The Labute approximate surface area is 102 Å². The maximum Gasteiger partial charge on any atom is -0.0313 e. The van der Waals surface area contributed by atoms with Gasteiger partial charge in [-0.2, -0.15) is 0 Å². The van der Waals surface area contributed by atoms with Crippen LogP contribution in [0.15, 0.2) is 36.5 Å². The first kappa shape index (κ1) is 15.2. The average Bonchev–Trinajstić information content (AvgIpc) is 2.31. The molecule has 0 aliphatic heterocycles. The molecule has 0 aromatic heterocycles. The van der Waals surface area contributed by atoms with E-state index in [4.69, 9.17) is 0 Å². The van der Waals surface area contributed by atoms with E-state index >= 15 is 0 Å². The third-order valence-electron chi connectivity index (χ3n) is 2.48. The molecule has 0 rings (SSSR count). The van der Waals surface area contributed by atoms with Crippen molar-refractivity contribution in [3.63, 3.8) is 0 Å². The second kappa shape index (κ2) is 14.2. The fourth-order valence-corrected chi connectivity index (χ4v) is 1.46. The number of hydrogen-bond donors (Lipinski definition) is 0. The zero-order valence-corrected chi connectivity index (χ0v) is 11.1. The van der Waals surface area contributed by atoms with Gasteiger partial charge in [0, 0.05) is 0 Å². The lowest BCUT2D eigenvalue weighted by molar-refractivity contribution is 0.728. The molecule has 0 unspecified atom stereocenters. The lowest BCUT2D eigenvalue weighted by Crippen LogP contribution is -1.71. The smallest absolute Gasteiger partial charge is 0.0313 e. The molecule has 0 N–H and O–H groups in total. The summed E-state index contributed by atoms with van der Waals surface area (Å²) in [7, 11) is 0. The van der Waals surface area contributed by atoms with Gasteiger partial charge in [-0.25, -0.2) is 0 Å². The van der Waals surface area contributed by atoms with E-state index in [0.29, 0.717) is 0 Å². The summed E-state index contributed by atoms with van der Waals surface area (Å²) >= 11 is 0. The molecule has 0 fully saturated rings. The molecule has 0 radical (unpaired) electrons. The highest BCUT2D eigenvalue weighted by atomic mass is 13.9. The predicted molar refractivity (Wildman–Crippen MR) is 75.7 cm³/mol. The van der Waals surface area contributed by atoms with Gasteiger partial charge in [0.25, 0.3) is 0 Å². The Kier molecular flexibility index (Phi) is 13.5. The first-order valence-corrected chi connectivity index (χ1v) is 6.88. The third kappa shape index (κ3) is 13.2. The summed E-state index contributed by atoms with van der Waals surface area (Å²) in [5, 5.41) is 0. The van der Waals surface area contributed by atoms with Gasteiger partial charge in [0.05, 0.1) is 0 Å². The van der Waals surface area contributed by atoms with Crippen molar-refractivity contribution in [2.75, 3.05) is 0 Å². The van der Waals surface area contributed by atoms with Gasteiger partial charge in [-0.15, -0.1) is 0 Å². The van der Waals surface area contributed by atoms with Crippen molar-refractivity contribution >= 4 is 0 Å². The summed E-state index contributed by atoms with van der Waals surface area (Å²) in [6.45, 7) is 4.46. The van der Waals surface area contributed by atoms with Crippen LogP contribution in [0.1, 0.15) is 65.2 Å². The van der Waals surface area contributed by atoms with Crippen molar-refractivity contribution in [2.24, 2.45) is 0 Å². The second-order valence-electron chi connectivity index (χ2n) is 4.19. The fourth-order valence-electron chi connectivity index (χ4n) is 1.46. The molecule has 0 aromatic carbocycles. The van der Waals surface area contributed by atoms with Crippen molar-refractivity contribution in [1.82, 2.24) is 0 Å². The van der Waals surface area contributed by atoms with Gasteiger partial charge in [0.15, 0.2) is 0 Å². The molecule has 0 heterocycles.